The van der Waals surface area contributed by atoms with Crippen LogP contribution in [-0.4, -0.2) is 46.5 Å². The monoisotopic (exact) mass is 340 g/mol. The maximum Gasteiger partial charge on any atom is 0.471 e. The quantitative estimate of drug-likeness (QED) is 0.891. The van der Waals surface area contributed by atoms with Gasteiger partial charge in [-0.05, 0) is 12.1 Å². The molecular formula is C14H11F3N4O3. The molecular weight excluding hydrogens is 329 g/mol. The Balaban J connectivity index is 1.77. The van der Waals surface area contributed by atoms with E-state index in [1.54, 1.807) is 0 Å². The van der Waals surface area contributed by atoms with Gasteiger partial charge < -0.3 is 14.7 Å². The van der Waals surface area contributed by atoms with Crippen LogP contribution in [-0.2, 0) is 11.0 Å². The minimum atomic E-state index is -4.71. The Hall–Kier alpha value is -2.91. The van der Waals surface area contributed by atoms with Crippen LogP contribution in [0.15, 0.2) is 28.8 Å². The minimum Gasteiger partial charge on any atom is -0.353 e. The first-order valence-electron chi connectivity index (χ1n) is 6.92. The van der Waals surface area contributed by atoms with Crippen molar-refractivity contribution in [2.75, 3.05) is 19.6 Å². The highest BCUT2D eigenvalue weighted by atomic mass is 19.4. The third kappa shape index (κ3) is 3.21. The maximum absolute atomic E-state index is 12.4. The second kappa shape index (κ2) is 5.95. The number of carbonyl (C=O) groups excluding carboxylic acids is 2. The molecule has 0 radical (unpaired) electrons. The number of piperazine rings is 1. The molecule has 7 nitrogen and oxygen atoms in total. The van der Waals surface area contributed by atoms with E-state index in [0.717, 1.165) is 0 Å². The second-order valence-corrected chi connectivity index (χ2v) is 5.07. The van der Waals surface area contributed by atoms with Crippen LogP contribution in [0.4, 0.5) is 13.2 Å². The number of halogens is 3. The Morgan fingerprint density at radius 1 is 1.25 bits per heavy atom. The van der Waals surface area contributed by atoms with Gasteiger partial charge in [0, 0.05) is 24.2 Å². The van der Waals surface area contributed by atoms with Crippen molar-refractivity contribution in [2.24, 2.45) is 0 Å². The van der Waals surface area contributed by atoms with Gasteiger partial charge in [0.2, 0.25) is 11.7 Å². The van der Waals surface area contributed by atoms with Crippen LogP contribution in [0.1, 0.15) is 16.2 Å². The molecule has 126 valence electrons. The number of nitrogens with one attached hydrogen (secondary N) is 1. The molecule has 0 aliphatic carbocycles. The third-order valence-corrected chi connectivity index (χ3v) is 3.38. The fraction of sp³-hybridized carbons (Fsp3) is 0.286. The average Bonchev–Trinajstić information content (AvgIpc) is 3.04. The number of benzene rings is 1. The Morgan fingerprint density at radius 3 is 2.54 bits per heavy atom. The summed E-state index contributed by atoms with van der Waals surface area (Å²) in [5, 5.41) is 5.88. The van der Waals surface area contributed by atoms with E-state index in [4.69, 9.17) is 0 Å². The zero-order valence-corrected chi connectivity index (χ0v) is 12.1. The van der Waals surface area contributed by atoms with E-state index in [1.807, 2.05) is 0 Å². The van der Waals surface area contributed by atoms with Crippen LogP contribution in [0.25, 0.3) is 11.4 Å². The second-order valence-electron chi connectivity index (χ2n) is 5.07. The van der Waals surface area contributed by atoms with Crippen LogP contribution < -0.4 is 5.32 Å². The van der Waals surface area contributed by atoms with Gasteiger partial charge >= 0.3 is 12.1 Å². The van der Waals surface area contributed by atoms with Crippen LogP contribution >= 0.6 is 0 Å². The number of amides is 2. The highest BCUT2D eigenvalue weighted by Crippen LogP contribution is 2.29. The van der Waals surface area contributed by atoms with E-state index in [9.17, 15) is 22.8 Å². The molecule has 0 unspecified atom stereocenters. The lowest BCUT2D eigenvalue weighted by Gasteiger charge is -2.26. The summed E-state index contributed by atoms with van der Waals surface area (Å²) < 4.78 is 41.5. The molecule has 3 rings (SSSR count). The van der Waals surface area contributed by atoms with Gasteiger partial charge in [0.15, 0.2) is 0 Å². The molecule has 24 heavy (non-hydrogen) atoms. The van der Waals surface area contributed by atoms with E-state index >= 15 is 0 Å². The van der Waals surface area contributed by atoms with Crippen LogP contribution in [0.3, 0.4) is 0 Å². The van der Waals surface area contributed by atoms with Crippen molar-refractivity contribution in [2.45, 2.75) is 6.18 Å². The van der Waals surface area contributed by atoms with E-state index in [-0.39, 0.29) is 29.7 Å². The van der Waals surface area contributed by atoms with Crippen molar-refractivity contribution in [3.8, 4) is 11.4 Å². The van der Waals surface area contributed by atoms with E-state index in [0.29, 0.717) is 18.7 Å². The van der Waals surface area contributed by atoms with E-state index < -0.39 is 12.1 Å². The molecule has 2 amide bonds. The molecule has 1 aliphatic heterocycles. The molecule has 10 heteroatoms. The summed E-state index contributed by atoms with van der Waals surface area (Å²) in [5.74, 6) is -2.23. The zero-order valence-electron chi connectivity index (χ0n) is 12.1. The maximum atomic E-state index is 12.4. The largest absolute Gasteiger partial charge is 0.471 e. The summed E-state index contributed by atoms with van der Waals surface area (Å²) in [7, 11) is 0. The molecule has 0 bridgehead atoms. The van der Waals surface area contributed by atoms with Gasteiger partial charge in [0.1, 0.15) is 0 Å². The predicted octanol–water partition coefficient (Wildman–Crippen LogP) is 1.33. The van der Waals surface area contributed by atoms with Gasteiger partial charge in [-0.3, -0.25) is 9.59 Å². The number of rotatable bonds is 2. The van der Waals surface area contributed by atoms with Crippen molar-refractivity contribution < 1.29 is 27.3 Å². The third-order valence-electron chi connectivity index (χ3n) is 3.38. The topological polar surface area (TPSA) is 88.3 Å². The highest BCUT2D eigenvalue weighted by Gasteiger charge is 2.38. The summed E-state index contributed by atoms with van der Waals surface area (Å²) in [6.07, 6.45) is -4.71. The SMILES string of the molecule is O=C1CN(C(=O)c2ccc(-c3noc(C(F)(F)F)n3)cc2)CCN1. The van der Waals surface area contributed by atoms with Crippen molar-refractivity contribution >= 4 is 11.8 Å². The standard InChI is InChI=1S/C14H11F3N4O3/c15-14(16,17)13-19-11(20-24-13)8-1-3-9(4-2-8)12(23)21-6-5-18-10(22)7-21/h1-4H,5-7H2,(H,18,22). The fourth-order valence-corrected chi connectivity index (χ4v) is 2.21. The number of hydrogen-bond acceptors (Lipinski definition) is 5. The number of nitrogens with zero attached hydrogens (tertiary/aromatic N) is 3. The fourth-order valence-electron chi connectivity index (χ4n) is 2.21. The molecule has 1 fully saturated rings. The first kappa shape index (κ1) is 16.0. The van der Waals surface area contributed by atoms with Crippen LogP contribution in [0.5, 0.6) is 0 Å². The number of carbonyl (C=O) groups is 2. The summed E-state index contributed by atoms with van der Waals surface area (Å²) in [6, 6.07) is 5.71. The Labute approximate surface area is 133 Å². The van der Waals surface area contributed by atoms with Crippen molar-refractivity contribution in [1.82, 2.24) is 20.4 Å². The highest BCUT2D eigenvalue weighted by molar-refractivity contribution is 5.97. The summed E-state index contributed by atoms with van der Waals surface area (Å²) in [4.78, 5) is 28.3. The lowest BCUT2D eigenvalue weighted by Crippen LogP contribution is -2.49. The molecule has 1 aliphatic rings. The van der Waals surface area contributed by atoms with Gasteiger partial charge in [-0.1, -0.05) is 17.3 Å². The molecule has 1 saturated heterocycles. The van der Waals surface area contributed by atoms with Gasteiger partial charge in [0.25, 0.3) is 5.91 Å². The smallest absolute Gasteiger partial charge is 0.353 e. The van der Waals surface area contributed by atoms with Gasteiger partial charge in [0.05, 0.1) is 6.54 Å². The molecule has 0 saturated carbocycles. The van der Waals surface area contributed by atoms with E-state index in [1.165, 1.54) is 29.2 Å². The minimum absolute atomic E-state index is 0.0274. The zero-order chi connectivity index (χ0) is 17.3. The lowest BCUT2D eigenvalue weighted by molar-refractivity contribution is -0.159. The Morgan fingerprint density at radius 2 is 1.96 bits per heavy atom. The van der Waals surface area contributed by atoms with Crippen molar-refractivity contribution in [1.29, 1.82) is 0 Å². The summed E-state index contributed by atoms with van der Waals surface area (Å²) in [6.45, 7) is 0.748. The Bertz CT molecular complexity index is 770. The molecule has 0 atom stereocenters. The first-order valence-corrected chi connectivity index (χ1v) is 6.92. The molecule has 2 heterocycles. The van der Waals surface area contributed by atoms with Crippen molar-refractivity contribution in [3.63, 3.8) is 0 Å². The van der Waals surface area contributed by atoms with E-state index in [2.05, 4.69) is 20.0 Å². The van der Waals surface area contributed by atoms with Gasteiger partial charge in [-0.2, -0.15) is 18.2 Å². The summed E-state index contributed by atoms with van der Waals surface area (Å²) in [5.41, 5.74) is 0.593. The predicted molar refractivity (Wildman–Crippen MR) is 73.6 cm³/mol. The molecule has 1 N–H and O–H groups in total. The lowest BCUT2D eigenvalue weighted by atomic mass is 10.1. The molecule has 1 aromatic carbocycles. The average molecular weight is 340 g/mol. The molecule has 0 spiro atoms. The van der Waals surface area contributed by atoms with Crippen LogP contribution in [0.2, 0.25) is 0 Å². The first-order chi connectivity index (χ1) is 11.3. The Kier molecular flexibility index (Phi) is 3.96. The van der Waals surface area contributed by atoms with Crippen LogP contribution in [0, 0.1) is 0 Å². The summed E-state index contributed by atoms with van der Waals surface area (Å²) >= 11 is 0. The van der Waals surface area contributed by atoms with Gasteiger partial charge in [-0.25, -0.2) is 0 Å². The van der Waals surface area contributed by atoms with Gasteiger partial charge in [-0.15, -0.1) is 0 Å². The number of alkyl halides is 3. The molecule has 2 aromatic rings. The number of aromatic nitrogens is 2. The number of hydrogen-bond donors (Lipinski definition) is 1. The molecule has 1 aromatic heterocycles. The normalized spacial score (nSPS) is 15.3. The van der Waals surface area contributed by atoms with Crippen molar-refractivity contribution in [3.05, 3.63) is 35.7 Å².